The van der Waals surface area contributed by atoms with Crippen LogP contribution >= 0.6 is 0 Å². The predicted molar refractivity (Wildman–Crippen MR) is 137 cm³/mol. The minimum atomic E-state index is -3.66. The molecule has 1 heterocycles. The lowest BCUT2D eigenvalue weighted by molar-refractivity contribution is 0.523. The highest BCUT2D eigenvalue weighted by molar-refractivity contribution is 7.89. The molecule has 0 unspecified atom stereocenters. The fourth-order valence-corrected chi connectivity index (χ4v) is 5.28. The lowest BCUT2D eigenvalue weighted by Gasteiger charge is -2.19. The van der Waals surface area contributed by atoms with Crippen molar-refractivity contribution in [1.29, 1.82) is 0 Å². The van der Waals surface area contributed by atoms with Gasteiger partial charge in [0.1, 0.15) is 0 Å². The monoisotopic (exact) mass is 457 g/mol. The minimum Gasteiger partial charge on any atom is -0.269 e. The van der Waals surface area contributed by atoms with Gasteiger partial charge >= 0.3 is 0 Å². The van der Waals surface area contributed by atoms with Crippen LogP contribution in [-0.2, 0) is 15.4 Å². The largest absolute Gasteiger partial charge is 0.269 e. The molecule has 33 heavy (non-hydrogen) atoms. The molecule has 4 heteroatoms. The van der Waals surface area contributed by atoms with Crippen molar-refractivity contribution in [3.63, 3.8) is 0 Å². The molecule has 0 atom stereocenters. The highest BCUT2D eigenvalue weighted by Crippen LogP contribution is 2.34. The number of nitrogens with zero attached hydrogens (tertiary/aromatic N) is 1. The Hall–Kier alpha value is -3.11. The summed E-state index contributed by atoms with van der Waals surface area (Å²) in [4.78, 5) is 0.308. The number of benzene rings is 3. The second-order valence-corrected chi connectivity index (χ2v) is 11.5. The first-order chi connectivity index (χ1) is 15.6. The molecule has 170 valence electrons. The molecule has 1 aliphatic rings. The standard InChI is InChI=1S/C29H31NO2S/c1-22-10-16-28(17-11-22)33(31,32)30-19-18-25(20-26(21-30)23-8-6-5-7-9-23)24-12-14-27(15-13-24)29(2,3)4/h5-18,21H,19-20H2,1-4H3. The van der Waals surface area contributed by atoms with Crippen molar-refractivity contribution in [2.75, 3.05) is 6.54 Å². The van der Waals surface area contributed by atoms with Gasteiger partial charge < -0.3 is 0 Å². The third-order valence-corrected chi connectivity index (χ3v) is 7.83. The van der Waals surface area contributed by atoms with Gasteiger partial charge in [-0.2, -0.15) is 0 Å². The van der Waals surface area contributed by atoms with E-state index >= 15 is 0 Å². The molecule has 0 saturated carbocycles. The first-order valence-corrected chi connectivity index (χ1v) is 12.7. The predicted octanol–water partition coefficient (Wildman–Crippen LogP) is 6.81. The van der Waals surface area contributed by atoms with Crippen LogP contribution in [0.25, 0.3) is 11.1 Å². The Balaban J connectivity index is 1.75. The van der Waals surface area contributed by atoms with Crippen LogP contribution < -0.4 is 0 Å². The van der Waals surface area contributed by atoms with Crippen molar-refractivity contribution >= 4 is 21.2 Å². The Morgan fingerprint density at radius 2 is 1.36 bits per heavy atom. The van der Waals surface area contributed by atoms with Gasteiger partial charge in [-0.3, -0.25) is 4.31 Å². The van der Waals surface area contributed by atoms with Gasteiger partial charge in [-0.25, -0.2) is 8.42 Å². The number of aryl methyl sites for hydroxylation is 1. The molecule has 4 rings (SSSR count). The topological polar surface area (TPSA) is 37.4 Å². The van der Waals surface area contributed by atoms with E-state index < -0.39 is 10.0 Å². The summed E-state index contributed by atoms with van der Waals surface area (Å²) >= 11 is 0. The molecule has 3 aromatic carbocycles. The van der Waals surface area contributed by atoms with Crippen LogP contribution in [0.2, 0.25) is 0 Å². The zero-order valence-corrected chi connectivity index (χ0v) is 20.6. The maximum Gasteiger partial charge on any atom is 0.264 e. The second kappa shape index (κ2) is 9.03. The number of hydrogen-bond acceptors (Lipinski definition) is 2. The van der Waals surface area contributed by atoms with E-state index in [1.54, 1.807) is 18.3 Å². The third kappa shape index (κ3) is 5.12. The van der Waals surface area contributed by atoms with Gasteiger partial charge in [-0.05, 0) is 58.7 Å². The average Bonchev–Trinajstić information content (AvgIpc) is 3.04. The van der Waals surface area contributed by atoms with Crippen molar-refractivity contribution in [3.8, 4) is 0 Å². The highest BCUT2D eigenvalue weighted by Gasteiger charge is 2.24. The minimum absolute atomic E-state index is 0.0877. The molecule has 3 aromatic rings. The van der Waals surface area contributed by atoms with Crippen molar-refractivity contribution in [1.82, 2.24) is 4.31 Å². The lowest BCUT2D eigenvalue weighted by atomic mass is 9.85. The van der Waals surface area contributed by atoms with Gasteiger partial charge in [0.2, 0.25) is 0 Å². The van der Waals surface area contributed by atoms with Crippen LogP contribution in [0.3, 0.4) is 0 Å². The fourth-order valence-electron chi connectivity index (χ4n) is 4.00. The van der Waals surface area contributed by atoms with Crippen LogP contribution in [0.1, 0.15) is 49.4 Å². The zero-order chi connectivity index (χ0) is 23.6. The maximum atomic E-state index is 13.5. The molecule has 1 aliphatic heterocycles. The van der Waals surface area contributed by atoms with Crippen LogP contribution in [0.5, 0.6) is 0 Å². The van der Waals surface area contributed by atoms with Gasteiger partial charge in [0, 0.05) is 6.20 Å². The second-order valence-electron chi connectivity index (χ2n) is 9.64. The van der Waals surface area contributed by atoms with E-state index in [1.807, 2.05) is 55.5 Å². The molecule has 0 fully saturated rings. The van der Waals surface area contributed by atoms with Crippen molar-refractivity contribution < 1.29 is 8.42 Å². The normalized spacial score (nSPS) is 15.0. The zero-order valence-electron chi connectivity index (χ0n) is 19.7. The third-order valence-electron chi connectivity index (χ3n) is 6.09. The highest BCUT2D eigenvalue weighted by atomic mass is 32.2. The van der Waals surface area contributed by atoms with E-state index in [4.69, 9.17) is 0 Å². The molecule has 0 N–H and O–H groups in total. The Kier molecular flexibility index (Phi) is 6.31. The van der Waals surface area contributed by atoms with Crippen molar-refractivity contribution in [3.05, 3.63) is 113 Å². The van der Waals surface area contributed by atoms with Crippen LogP contribution in [0, 0.1) is 6.92 Å². The average molecular weight is 458 g/mol. The van der Waals surface area contributed by atoms with Crippen LogP contribution in [-0.4, -0.2) is 19.3 Å². The van der Waals surface area contributed by atoms with Gasteiger partial charge in [0.25, 0.3) is 10.0 Å². The van der Waals surface area contributed by atoms with Gasteiger partial charge in [0.05, 0.1) is 11.4 Å². The first-order valence-electron chi connectivity index (χ1n) is 11.3. The summed E-state index contributed by atoms with van der Waals surface area (Å²) in [6, 6.07) is 25.7. The van der Waals surface area contributed by atoms with Crippen LogP contribution in [0.4, 0.5) is 0 Å². The smallest absolute Gasteiger partial charge is 0.264 e. The summed E-state index contributed by atoms with van der Waals surface area (Å²) in [7, 11) is -3.66. The van der Waals surface area contributed by atoms with Gasteiger partial charge in [-0.1, -0.05) is 99.1 Å². The van der Waals surface area contributed by atoms with Crippen LogP contribution in [0.15, 0.2) is 96.0 Å². The maximum absolute atomic E-state index is 13.5. The molecule has 0 amide bonds. The molecule has 0 bridgehead atoms. The first kappa shape index (κ1) is 23.1. The molecule has 0 spiro atoms. The number of sulfonamides is 1. The van der Waals surface area contributed by atoms with Crippen molar-refractivity contribution in [2.24, 2.45) is 0 Å². The fraction of sp³-hybridized carbons (Fsp3) is 0.241. The molecule has 3 nitrogen and oxygen atoms in total. The van der Waals surface area contributed by atoms with E-state index in [2.05, 4.69) is 45.0 Å². The quantitative estimate of drug-likeness (QED) is 0.431. The van der Waals surface area contributed by atoms with Crippen molar-refractivity contribution in [2.45, 2.75) is 44.4 Å². The summed E-state index contributed by atoms with van der Waals surface area (Å²) in [6.45, 7) is 8.86. The SMILES string of the molecule is Cc1ccc(S(=O)(=O)N2C=C(c3ccccc3)CC(c3ccc(C(C)(C)C)cc3)=CC2)cc1. The van der Waals surface area contributed by atoms with Gasteiger partial charge in [0.15, 0.2) is 0 Å². The Morgan fingerprint density at radius 3 is 1.97 bits per heavy atom. The summed E-state index contributed by atoms with van der Waals surface area (Å²) < 4.78 is 28.4. The number of allylic oxidation sites excluding steroid dienone is 2. The molecular formula is C29H31NO2S. The summed E-state index contributed by atoms with van der Waals surface area (Å²) in [5.41, 5.74) is 6.67. The Morgan fingerprint density at radius 1 is 0.758 bits per heavy atom. The molecule has 0 saturated heterocycles. The van der Waals surface area contributed by atoms with E-state index in [1.165, 1.54) is 9.87 Å². The van der Waals surface area contributed by atoms with E-state index in [-0.39, 0.29) is 5.41 Å². The van der Waals surface area contributed by atoms with E-state index in [0.717, 1.165) is 27.8 Å². The van der Waals surface area contributed by atoms with Gasteiger partial charge in [-0.15, -0.1) is 0 Å². The number of rotatable bonds is 4. The lowest BCUT2D eigenvalue weighted by Crippen LogP contribution is -2.26. The number of hydrogen-bond donors (Lipinski definition) is 0. The molecule has 0 radical (unpaired) electrons. The Labute approximate surface area is 198 Å². The summed E-state index contributed by atoms with van der Waals surface area (Å²) in [5.74, 6) is 0. The summed E-state index contributed by atoms with van der Waals surface area (Å²) in [6.07, 6.45) is 4.51. The molecule has 0 aliphatic carbocycles. The molecular weight excluding hydrogens is 426 g/mol. The van der Waals surface area contributed by atoms with E-state index in [0.29, 0.717) is 17.9 Å². The summed E-state index contributed by atoms with van der Waals surface area (Å²) in [5, 5.41) is 0. The Bertz CT molecular complexity index is 1280. The van der Waals surface area contributed by atoms with E-state index in [9.17, 15) is 8.42 Å². The molecule has 0 aromatic heterocycles.